The minimum Gasteiger partial charge on any atom is -0.382 e. The van der Waals surface area contributed by atoms with Crippen LogP contribution in [-0.2, 0) is 0 Å². The number of nitrogen functional groups attached to an aromatic ring is 1. The first kappa shape index (κ1) is 11.4. The number of amides is 1. The molecule has 1 amide bonds. The molecule has 2 rings (SSSR count). The number of benzene rings is 1. The molecule has 0 saturated heterocycles. The first-order valence-corrected chi connectivity index (χ1v) is 5.01. The Labute approximate surface area is 101 Å². The highest BCUT2D eigenvalue weighted by atomic mass is 35.5. The molecular formula is C10H8ClFN4O. The number of aromatic amines is 1. The van der Waals surface area contributed by atoms with Crippen molar-refractivity contribution in [2.24, 2.45) is 0 Å². The topological polar surface area (TPSA) is 83.8 Å². The summed E-state index contributed by atoms with van der Waals surface area (Å²) in [7, 11) is 0. The normalized spacial score (nSPS) is 10.2. The van der Waals surface area contributed by atoms with Gasteiger partial charge in [-0.3, -0.25) is 9.89 Å². The summed E-state index contributed by atoms with van der Waals surface area (Å²) in [6, 6.07) is 5.35. The standard InChI is InChI=1S/C10H8ClFN4O/c11-6-2-1-5(3-7(6)12)14-10(17)8-4-9(13)16-15-8/h1-4H,(H,14,17)(H3,13,15,16). The van der Waals surface area contributed by atoms with Gasteiger partial charge in [-0.25, -0.2) is 4.39 Å². The molecule has 0 unspecified atom stereocenters. The molecule has 0 saturated carbocycles. The second kappa shape index (κ2) is 4.42. The SMILES string of the molecule is Nc1cc(C(=O)Nc2ccc(Cl)c(F)c2)[nH]n1. The van der Waals surface area contributed by atoms with Gasteiger partial charge < -0.3 is 11.1 Å². The van der Waals surface area contributed by atoms with E-state index in [1.165, 1.54) is 18.2 Å². The van der Waals surface area contributed by atoms with Gasteiger partial charge in [-0.05, 0) is 18.2 Å². The lowest BCUT2D eigenvalue weighted by Crippen LogP contribution is -2.12. The van der Waals surface area contributed by atoms with Gasteiger partial charge in [0.05, 0.1) is 5.02 Å². The summed E-state index contributed by atoms with van der Waals surface area (Å²) in [6.45, 7) is 0. The van der Waals surface area contributed by atoms with Crippen LogP contribution >= 0.6 is 11.6 Å². The van der Waals surface area contributed by atoms with E-state index in [2.05, 4.69) is 15.5 Å². The van der Waals surface area contributed by atoms with Crippen LogP contribution in [0.2, 0.25) is 5.02 Å². The van der Waals surface area contributed by atoms with E-state index in [4.69, 9.17) is 17.3 Å². The highest BCUT2D eigenvalue weighted by Crippen LogP contribution is 2.19. The van der Waals surface area contributed by atoms with Crippen LogP contribution < -0.4 is 11.1 Å². The Morgan fingerprint density at radius 3 is 2.82 bits per heavy atom. The molecule has 7 heteroatoms. The minimum atomic E-state index is -0.603. The second-order valence-electron chi connectivity index (χ2n) is 3.29. The molecule has 5 nitrogen and oxygen atoms in total. The highest BCUT2D eigenvalue weighted by molar-refractivity contribution is 6.30. The largest absolute Gasteiger partial charge is 0.382 e. The molecule has 88 valence electrons. The molecule has 0 atom stereocenters. The fourth-order valence-corrected chi connectivity index (χ4v) is 1.34. The van der Waals surface area contributed by atoms with E-state index in [0.717, 1.165) is 6.07 Å². The molecule has 0 fully saturated rings. The number of nitrogens with two attached hydrogens (primary N) is 1. The van der Waals surface area contributed by atoms with Crippen molar-refractivity contribution in [1.82, 2.24) is 10.2 Å². The van der Waals surface area contributed by atoms with Gasteiger partial charge in [0.1, 0.15) is 17.3 Å². The number of hydrogen-bond acceptors (Lipinski definition) is 3. The molecule has 4 N–H and O–H groups in total. The zero-order valence-corrected chi connectivity index (χ0v) is 9.25. The van der Waals surface area contributed by atoms with Crippen LogP contribution in [0.4, 0.5) is 15.9 Å². The maximum absolute atomic E-state index is 13.1. The van der Waals surface area contributed by atoms with Gasteiger partial charge in [-0.15, -0.1) is 0 Å². The molecule has 0 spiro atoms. The van der Waals surface area contributed by atoms with Crippen molar-refractivity contribution >= 4 is 29.0 Å². The number of carbonyl (C=O) groups is 1. The molecule has 2 aromatic rings. The molecular weight excluding hydrogens is 247 g/mol. The number of aromatic nitrogens is 2. The lowest BCUT2D eigenvalue weighted by molar-refractivity contribution is 0.102. The van der Waals surface area contributed by atoms with Gasteiger partial charge in [0.2, 0.25) is 0 Å². The van der Waals surface area contributed by atoms with Crippen LogP contribution in [0.15, 0.2) is 24.3 Å². The maximum atomic E-state index is 13.1. The van der Waals surface area contributed by atoms with E-state index in [0.29, 0.717) is 5.69 Å². The van der Waals surface area contributed by atoms with Crippen molar-refractivity contribution in [1.29, 1.82) is 0 Å². The molecule has 1 aromatic heterocycles. The van der Waals surface area contributed by atoms with Crippen molar-refractivity contribution < 1.29 is 9.18 Å². The zero-order valence-electron chi connectivity index (χ0n) is 8.50. The Kier molecular flexibility index (Phi) is 2.97. The fraction of sp³-hybridized carbons (Fsp3) is 0. The van der Waals surface area contributed by atoms with Crippen LogP contribution in [0, 0.1) is 5.82 Å². The fourth-order valence-electron chi connectivity index (χ4n) is 1.23. The predicted molar refractivity (Wildman–Crippen MR) is 62.4 cm³/mol. The molecule has 17 heavy (non-hydrogen) atoms. The first-order valence-electron chi connectivity index (χ1n) is 4.63. The summed E-state index contributed by atoms with van der Waals surface area (Å²) in [5.74, 6) is -0.859. The van der Waals surface area contributed by atoms with E-state index in [9.17, 15) is 9.18 Å². The Morgan fingerprint density at radius 2 is 2.24 bits per heavy atom. The van der Waals surface area contributed by atoms with Crippen molar-refractivity contribution in [3.05, 3.63) is 40.8 Å². The molecule has 0 aliphatic rings. The Balaban J connectivity index is 2.15. The average molecular weight is 255 g/mol. The van der Waals surface area contributed by atoms with E-state index < -0.39 is 11.7 Å². The minimum absolute atomic E-state index is 0.00576. The third kappa shape index (κ3) is 2.54. The summed E-state index contributed by atoms with van der Waals surface area (Å²) < 4.78 is 13.1. The van der Waals surface area contributed by atoms with E-state index in [1.54, 1.807) is 0 Å². The Hall–Kier alpha value is -2.08. The van der Waals surface area contributed by atoms with E-state index in [-0.39, 0.29) is 16.5 Å². The highest BCUT2D eigenvalue weighted by Gasteiger charge is 2.10. The summed E-state index contributed by atoms with van der Waals surface area (Å²) >= 11 is 5.52. The lowest BCUT2D eigenvalue weighted by atomic mass is 10.3. The van der Waals surface area contributed by atoms with Crippen LogP contribution in [0.5, 0.6) is 0 Å². The number of nitrogens with one attached hydrogen (secondary N) is 2. The number of halogens is 2. The van der Waals surface area contributed by atoms with Gasteiger partial charge in [0.15, 0.2) is 0 Å². The van der Waals surface area contributed by atoms with Crippen LogP contribution in [0.25, 0.3) is 0 Å². The molecule has 0 aliphatic carbocycles. The maximum Gasteiger partial charge on any atom is 0.273 e. The van der Waals surface area contributed by atoms with Gasteiger partial charge in [0, 0.05) is 11.8 Å². The number of H-pyrrole nitrogens is 1. The molecule has 0 radical (unpaired) electrons. The molecule has 1 heterocycles. The first-order chi connectivity index (χ1) is 8.06. The Bertz CT molecular complexity index is 569. The Morgan fingerprint density at radius 1 is 1.47 bits per heavy atom. The summed E-state index contributed by atoms with van der Waals surface area (Å²) in [5.41, 5.74) is 5.84. The third-order valence-corrected chi connectivity index (χ3v) is 2.33. The van der Waals surface area contributed by atoms with Crippen molar-refractivity contribution in [3.63, 3.8) is 0 Å². The van der Waals surface area contributed by atoms with Crippen molar-refractivity contribution in [2.75, 3.05) is 11.1 Å². The number of rotatable bonds is 2. The third-order valence-electron chi connectivity index (χ3n) is 2.02. The van der Waals surface area contributed by atoms with Crippen molar-refractivity contribution in [3.8, 4) is 0 Å². The number of carbonyl (C=O) groups excluding carboxylic acids is 1. The molecule has 1 aromatic carbocycles. The van der Waals surface area contributed by atoms with Crippen LogP contribution in [0.1, 0.15) is 10.5 Å². The summed E-state index contributed by atoms with van der Waals surface area (Å²) in [5, 5.41) is 8.52. The number of nitrogens with zero attached hydrogens (tertiary/aromatic N) is 1. The summed E-state index contributed by atoms with van der Waals surface area (Å²) in [6.07, 6.45) is 0. The van der Waals surface area contributed by atoms with E-state index >= 15 is 0 Å². The quantitative estimate of drug-likeness (QED) is 0.767. The smallest absolute Gasteiger partial charge is 0.273 e. The van der Waals surface area contributed by atoms with Gasteiger partial charge >= 0.3 is 0 Å². The van der Waals surface area contributed by atoms with Crippen LogP contribution in [0.3, 0.4) is 0 Å². The van der Waals surface area contributed by atoms with Gasteiger partial charge in [0.25, 0.3) is 5.91 Å². The number of anilines is 2. The predicted octanol–water partition coefficient (Wildman–Crippen LogP) is 2.04. The monoisotopic (exact) mass is 254 g/mol. The summed E-state index contributed by atoms with van der Waals surface area (Å²) in [4.78, 5) is 11.6. The molecule has 0 aliphatic heterocycles. The average Bonchev–Trinajstić information content (AvgIpc) is 2.70. The molecule has 0 bridgehead atoms. The second-order valence-corrected chi connectivity index (χ2v) is 3.70. The van der Waals surface area contributed by atoms with Crippen LogP contribution in [-0.4, -0.2) is 16.1 Å². The van der Waals surface area contributed by atoms with Crippen molar-refractivity contribution in [2.45, 2.75) is 0 Å². The van der Waals surface area contributed by atoms with Gasteiger partial charge in [-0.1, -0.05) is 11.6 Å². The lowest BCUT2D eigenvalue weighted by Gasteiger charge is -2.03. The number of hydrogen-bond donors (Lipinski definition) is 3. The van der Waals surface area contributed by atoms with E-state index in [1.807, 2.05) is 0 Å². The van der Waals surface area contributed by atoms with Gasteiger partial charge in [-0.2, -0.15) is 5.10 Å². The zero-order chi connectivity index (χ0) is 12.4.